The fourth-order valence-corrected chi connectivity index (χ4v) is 5.66. The van der Waals surface area contributed by atoms with Gasteiger partial charge in [-0.2, -0.15) is 18.3 Å². The molecule has 2 unspecified atom stereocenters. The number of halogens is 3. The van der Waals surface area contributed by atoms with E-state index in [0.717, 1.165) is 12.8 Å². The van der Waals surface area contributed by atoms with E-state index in [1.54, 1.807) is 4.68 Å². The van der Waals surface area contributed by atoms with Gasteiger partial charge in [0.05, 0.1) is 24.8 Å². The van der Waals surface area contributed by atoms with Crippen LogP contribution in [-0.4, -0.2) is 60.1 Å². The molecule has 8 nitrogen and oxygen atoms in total. The number of fused-ring (bicyclic) bond motifs is 1. The molecule has 1 aliphatic carbocycles. The summed E-state index contributed by atoms with van der Waals surface area (Å²) >= 11 is 0. The van der Waals surface area contributed by atoms with Crippen molar-refractivity contribution >= 4 is 16.9 Å². The quantitative estimate of drug-likeness (QED) is 0.727. The summed E-state index contributed by atoms with van der Waals surface area (Å²) in [4.78, 5) is 31.7. The molecule has 2 aromatic heterocycles. The van der Waals surface area contributed by atoms with Crippen LogP contribution in [0.25, 0.3) is 11.0 Å². The van der Waals surface area contributed by atoms with Gasteiger partial charge in [0.1, 0.15) is 11.7 Å². The minimum atomic E-state index is -4.41. The second-order valence-electron chi connectivity index (χ2n) is 9.62. The molecule has 4 rings (SSSR count). The standard InChI is InChI=1S/C22H30F3N5O3/c1-3-30-17-16(11-27-30)19(32)29(14-26-17)13-21(33)8-9-28(12-20(21)6-4-5-7-20)18(31)15(2)10-22(23,24)25/h11,14-15,33H,3-10,12-13H2,1-2H3. The third-order valence-electron chi connectivity index (χ3n) is 7.46. The number of rotatable bonds is 5. The maximum Gasteiger partial charge on any atom is 0.389 e. The van der Waals surface area contributed by atoms with Crippen LogP contribution in [0, 0.1) is 11.3 Å². The Kier molecular flexibility index (Phi) is 6.05. The molecule has 1 saturated carbocycles. The van der Waals surface area contributed by atoms with E-state index in [9.17, 15) is 27.9 Å². The normalized spacial score (nSPS) is 24.0. The Morgan fingerprint density at radius 1 is 1.27 bits per heavy atom. The van der Waals surface area contributed by atoms with E-state index in [-0.39, 0.29) is 31.6 Å². The van der Waals surface area contributed by atoms with E-state index in [1.165, 1.54) is 28.9 Å². The molecule has 182 valence electrons. The van der Waals surface area contributed by atoms with Crippen molar-refractivity contribution in [3.05, 3.63) is 22.9 Å². The van der Waals surface area contributed by atoms with Crippen LogP contribution in [-0.2, 0) is 17.9 Å². The fraction of sp³-hybridized carbons (Fsp3) is 0.727. The molecule has 3 heterocycles. The third kappa shape index (κ3) is 4.27. The average molecular weight is 470 g/mol. The first-order valence-corrected chi connectivity index (χ1v) is 11.5. The number of hydrogen-bond acceptors (Lipinski definition) is 5. The Labute approximate surface area is 189 Å². The van der Waals surface area contributed by atoms with Crippen molar-refractivity contribution in [3.8, 4) is 0 Å². The van der Waals surface area contributed by atoms with Crippen molar-refractivity contribution in [2.75, 3.05) is 13.1 Å². The molecule has 0 aromatic carbocycles. The number of piperidine rings is 1. The zero-order valence-corrected chi connectivity index (χ0v) is 18.9. The van der Waals surface area contributed by atoms with E-state index in [4.69, 9.17) is 0 Å². The summed E-state index contributed by atoms with van der Waals surface area (Å²) in [7, 11) is 0. The van der Waals surface area contributed by atoms with E-state index in [2.05, 4.69) is 10.1 Å². The lowest BCUT2D eigenvalue weighted by Crippen LogP contribution is -2.62. The van der Waals surface area contributed by atoms with Gasteiger partial charge in [-0.1, -0.05) is 19.8 Å². The number of likely N-dealkylation sites (tertiary alicyclic amines) is 1. The summed E-state index contributed by atoms with van der Waals surface area (Å²) < 4.78 is 41.5. The van der Waals surface area contributed by atoms with Crippen molar-refractivity contribution < 1.29 is 23.1 Å². The second-order valence-corrected chi connectivity index (χ2v) is 9.62. The van der Waals surface area contributed by atoms with Crippen molar-refractivity contribution in [1.29, 1.82) is 0 Å². The zero-order chi connectivity index (χ0) is 24.0. The van der Waals surface area contributed by atoms with Gasteiger partial charge in [-0.15, -0.1) is 0 Å². The minimum absolute atomic E-state index is 0.0201. The Morgan fingerprint density at radius 2 is 1.97 bits per heavy atom. The maximum atomic E-state index is 13.1. The first-order chi connectivity index (χ1) is 15.5. The highest BCUT2D eigenvalue weighted by Gasteiger charge is 2.56. The number of nitrogens with zero attached hydrogens (tertiary/aromatic N) is 5. The van der Waals surface area contributed by atoms with Crippen LogP contribution in [0.4, 0.5) is 13.2 Å². The van der Waals surface area contributed by atoms with Crippen molar-refractivity contribution in [2.24, 2.45) is 11.3 Å². The highest BCUT2D eigenvalue weighted by molar-refractivity contribution is 5.78. The lowest BCUT2D eigenvalue weighted by molar-refractivity contribution is -0.172. The van der Waals surface area contributed by atoms with Crippen molar-refractivity contribution in [1.82, 2.24) is 24.2 Å². The van der Waals surface area contributed by atoms with Gasteiger partial charge in [-0.05, 0) is 26.2 Å². The number of hydrogen-bond donors (Lipinski definition) is 1. The Bertz CT molecular complexity index is 1090. The van der Waals surface area contributed by atoms with Gasteiger partial charge < -0.3 is 10.0 Å². The van der Waals surface area contributed by atoms with Gasteiger partial charge in [-0.3, -0.25) is 14.2 Å². The summed E-state index contributed by atoms with van der Waals surface area (Å²) in [6.07, 6.45) is 0.538. The SMILES string of the molecule is CCn1ncc2c(=O)n(CC3(O)CCN(C(=O)C(C)CC(F)(F)F)CC34CCCC4)cnc21. The van der Waals surface area contributed by atoms with Crippen LogP contribution in [0.3, 0.4) is 0 Å². The number of aromatic nitrogens is 4. The summed E-state index contributed by atoms with van der Waals surface area (Å²) in [5.74, 6) is -1.70. The molecule has 0 radical (unpaired) electrons. The third-order valence-corrected chi connectivity index (χ3v) is 7.46. The van der Waals surface area contributed by atoms with Crippen molar-refractivity contribution in [3.63, 3.8) is 0 Å². The van der Waals surface area contributed by atoms with Gasteiger partial charge >= 0.3 is 6.18 Å². The topological polar surface area (TPSA) is 93.2 Å². The molecule has 0 bridgehead atoms. The molecule has 1 amide bonds. The molecule has 2 fully saturated rings. The molecule has 11 heteroatoms. The number of aryl methyl sites for hydroxylation is 1. The molecular weight excluding hydrogens is 439 g/mol. The van der Waals surface area contributed by atoms with E-state index in [1.807, 2.05) is 6.92 Å². The zero-order valence-electron chi connectivity index (χ0n) is 18.9. The highest BCUT2D eigenvalue weighted by atomic mass is 19.4. The molecular formula is C22H30F3N5O3. The summed E-state index contributed by atoms with van der Waals surface area (Å²) in [5, 5.41) is 16.4. The predicted molar refractivity (Wildman–Crippen MR) is 114 cm³/mol. The molecule has 2 aromatic rings. The Morgan fingerprint density at radius 3 is 2.61 bits per heavy atom. The van der Waals surface area contributed by atoms with E-state index >= 15 is 0 Å². The van der Waals surface area contributed by atoms with Crippen LogP contribution in [0.1, 0.15) is 52.4 Å². The van der Waals surface area contributed by atoms with Gasteiger partial charge in [-0.25, -0.2) is 9.67 Å². The minimum Gasteiger partial charge on any atom is -0.387 e. The average Bonchev–Trinajstić information content (AvgIpc) is 3.39. The van der Waals surface area contributed by atoms with Crippen LogP contribution in [0.5, 0.6) is 0 Å². The summed E-state index contributed by atoms with van der Waals surface area (Å²) in [6, 6.07) is 0. The molecule has 1 saturated heterocycles. The summed E-state index contributed by atoms with van der Waals surface area (Å²) in [6.45, 7) is 4.14. The number of alkyl halides is 3. The van der Waals surface area contributed by atoms with Gasteiger partial charge in [0.25, 0.3) is 5.56 Å². The van der Waals surface area contributed by atoms with Gasteiger partial charge in [0, 0.05) is 31.0 Å². The second kappa shape index (κ2) is 8.41. The number of carbonyl (C=O) groups excluding carboxylic acids is 1. The molecule has 1 aliphatic heterocycles. The first kappa shape index (κ1) is 23.7. The molecule has 1 spiro atoms. The predicted octanol–water partition coefficient (Wildman–Crippen LogP) is 2.73. The first-order valence-electron chi connectivity index (χ1n) is 11.5. The van der Waals surface area contributed by atoms with Gasteiger partial charge in [0.15, 0.2) is 5.65 Å². The molecule has 2 atom stereocenters. The lowest BCUT2D eigenvalue weighted by atomic mass is 9.65. The monoisotopic (exact) mass is 469 g/mol. The van der Waals surface area contributed by atoms with Crippen molar-refractivity contribution in [2.45, 2.75) is 77.2 Å². The molecule has 2 aliphatic rings. The largest absolute Gasteiger partial charge is 0.389 e. The molecule has 33 heavy (non-hydrogen) atoms. The van der Waals surface area contributed by atoms with E-state index < -0.39 is 35.4 Å². The van der Waals surface area contributed by atoms with Crippen LogP contribution >= 0.6 is 0 Å². The smallest absolute Gasteiger partial charge is 0.387 e. The lowest BCUT2D eigenvalue weighted by Gasteiger charge is -2.52. The highest BCUT2D eigenvalue weighted by Crippen LogP contribution is 2.51. The van der Waals surface area contributed by atoms with Crippen LogP contribution in [0.2, 0.25) is 0 Å². The molecule has 1 N–H and O–H groups in total. The summed E-state index contributed by atoms with van der Waals surface area (Å²) in [5.41, 5.74) is -1.74. The van der Waals surface area contributed by atoms with E-state index in [0.29, 0.717) is 30.4 Å². The van der Waals surface area contributed by atoms with Crippen LogP contribution in [0.15, 0.2) is 17.3 Å². The number of amides is 1. The Balaban J connectivity index is 1.59. The van der Waals surface area contributed by atoms with Gasteiger partial charge in [0.2, 0.25) is 5.91 Å². The Hall–Kier alpha value is -2.43. The number of carbonyl (C=O) groups is 1. The fourth-order valence-electron chi connectivity index (χ4n) is 5.66. The number of aliphatic hydroxyl groups is 1. The van der Waals surface area contributed by atoms with Crippen LogP contribution < -0.4 is 5.56 Å². The maximum absolute atomic E-state index is 13.1.